The van der Waals surface area contributed by atoms with E-state index in [2.05, 4.69) is 20.6 Å². The number of hydrogen-bond acceptors (Lipinski definition) is 13. The van der Waals surface area contributed by atoms with Crippen molar-refractivity contribution >= 4 is 74.8 Å². The first-order chi connectivity index (χ1) is 25.5. The SMILES string of the molecule is CO/N=C(\C(=O)N[C@@H]1C(=O)N2C(C(=O)[O-])=C(Cn3ccc4n3cc[n+]4Cc3c(F)cc(C(N)=NOC4CCOCC4)cc3Cl)CS[C@H]12)c1csc(N)n1. The first-order valence-corrected chi connectivity index (χ1v) is 18.5. The number of nitrogens with one attached hydrogen (secondary N) is 1. The maximum absolute atomic E-state index is 15.4. The number of nitrogens with zero attached hydrogens (tertiary/aromatic N) is 7. The molecule has 278 valence electrons. The highest BCUT2D eigenvalue weighted by molar-refractivity contribution is 8.00. The number of β-lactam (4-membered cyclic amide) rings is 1. The molecule has 0 radical (unpaired) electrons. The van der Waals surface area contributed by atoms with Crippen molar-refractivity contribution in [2.45, 2.75) is 43.5 Å². The van der Waals surface area contributed by atoms with Crippen LogP contribution in [0.2, 0.25) is 5.02 Å². The molecular formula is C32H32ClFN10O7S2. The van der Waals surface area contributed by atoms with Crippen molar-refractivity contribution in [2.24, 2.45) is 16.0 Å². The van der Waals surface area contributed by atoms with Crippen LogP contribution < -0.4 is 26.5 Å². The fourth-order valence-corrected chi connectivity index (χ4v) is 8.38. The molecule has 0 bridgehead atoms. The predicted octanol–water partition coefficient (Wildman–Crippen LogP) is 0.178. The quantitative estimate of drug-likeness (QED) is 0.0578. The van der Waals surface area contributed by atoms with Crippen molar-refractivity contribution in [1.82, 2.24) is 24.4 Å². The number of amides is 2. The van der Waals surface area contributed by atoms with E-state index in [1.807, 2.05) is 0 Å². The van der Waals surface area contributed by atoms with Crippen LogP contribution in [0.25, 0.3) is 5.65 Å². The van der Waals surface area contributed by atoms with Crippen molar-refractivity contribution in [3.05, 3.63) is 81.1 Å². The number of imidazole rings is 1. The van der Waals surface area contributed by atoms with Gasteiger partial charge >= 0.3 is 5.65 Å². The van der Waals surface area contributed by atoms with Gasteiger partial charge in [0.1, 0.15) is 48.9 Å². The average Bonchev–Trinajstić information content (AvgIpc) is 3.87. The number of nitrogen functional groups attached to an aromatic ring is 1. The number of ether oxygens (including phenoxy) is 1. The van der Waals surface area contributed by atoms with Crippen LogP contribution in [0.4, 0.5) is 9.52 Å². The molecule has 0 unspecified atom stereocenters. The molecule has 17 nitrogen and oxygen atoms in total. The number of anilines is 1. The minimum absolute atomic E-state index is 0.000713. The van der Waals surface area contributed by atoms with Gasteiger partial charge in [0.05, 0.1) is 48.7 Å². The Morgan fingerprint density at radius 1 is 1.26 bits per heavy atom. The second-order valence-corrected chi connectivity index (χ2v) is 14.6. The van der Waals surface area contributed by atoms with Crippen LogP contribution in [0.1, 0.15) is 29.7 Å². The number of carbonyl (C=O) groups excluding carboxylic acids is 3. The minimum atomic E-state index is -1.52. The third-order valence-corrected chi connectivity index (χ3v) is 11.2. The summed E-state index contributed by atoms with van der Waals surface area (Å²) >= 11 is 8.93. The Bertz CT molecular complexity index is 2170. The van der Waals surface area contributed by atoms with Crippen LogP contribution in [0.15, 0.2) is 63.8 Å². The predicted molar refractivity (Wildman–Crippen MR) is 189 cm³/mol. The number of halogens is 2. The van der Waals surface area contributed by atoms with Crippen LogP contribution in [0.3, 0.4) is 0 Å². The van der Waals surface area contributed by atoms with Crippen molar-refractivity contribution in [3.63, 3.8) is 0 Å². The molecule has 2 fully saturated rings. The lowest BCUT2D eigenvalue weighted by atomic mass is 10.0. The molecule has 7 rings (SSSR count). The van der Waals surface area contributed by atoms with Gasteiger partial charge in [-0.15, -0.1) is 27.6 Å². The van der Waals surface area contributed by atoms with Crippen LogP contribution in [-0.2, 0) is 41.9 Å². The monoisotopic (exact) mass is 786 g/mol. The summed E-state index contributed by atoms with van der Waals surface area (Å²) in [6.45, 7) is 1.32. The maximum atomic E-state index is 15.4. The van der Waals surface area contributed by atoms with Gasteiger partial charge in [0.2, 0.25) is 0 Å². The van der Waals surface area contributed by atoms with E-state index in [1.54, 1.807) is 38.4 Å². The zero-order valence-corrected chi connectivity index (χ0v) is 30.3. The second-order valence-electron chi connectivity index (χ2n) is 12.1. The standard InChI is InChI=1S/C32H32ClFN10O7S2/c1-49-39-24(22-15-53-32(36)37-22)28(45)38-25-29(46)44-26(31(47)48)17(14-52-30(25)44)12-42-5-2-23-41(6-7-43(23)42)13-19-20(33)10-16(11-21(19)34)27(35)40-51-18-3-8-50-9-4-18/h2,5-7,10-11,15,18,25,30H,3-4,8-9,12-14H2,1H3,(H5-,35,36,37,38,40,45,47,48)/b39-24-/t25-,30-/m1/s1. The summed E-state index contributed by atoms with van der Waals surface area (Å²) < 4.78 is 26.0. The zero-order valence-electron chi connectivity index (χ0n) is 27.9. The van der Waals surface area contributed by atoms with Crippen molar-refractivity contribution < 1.29 is 42.9 Å². The number of hydrogen-bond donors (Lipinski definition) is 3. The van der Waals surface area contributed by atoms with E-state index < -0.39 is 35.0 Å². The number of carboxylic acids is 1. The maximum Gasteiger partial charge on any atom is 0.307 e. The van der Waals surface area contributed by atoms with Gasteiger partial charge in [-0.3, -0.25) is 14.5 Å². The second kappa shape index (κ2) is 15.0. The van der Waals surface area contributed by atoms with Gasteiger partial charge in [0.15, 0.2) is 22.9 Å². The van der Waals surface area contributed by atoms with Crippen LogP contribution in [0, 0.1) is 5.82 Å². The first kappa shape index (κ1) is 36.2. The summed E-state index contributed by atoms with van der Waals surface area (Å²) in [6, 6.07) is 3.54. The fraction of sp³-hybridized carbons (Fsp3) is 0.344. The molecule has 3 aliphatic rings. The number of carbonyl (C=O) groups is 3. The van der Waals surface area contributed by atoms with Gasteiger partial charge in [-0.25, -0.2) is 18.6 Å². The largest absolute Gasteiger partial charge is 0.543 e. The van der Waals surface area contributed by atoms with E-state index in [0.717, 1.165) is 16.2 Å². The van der Waals surface area contributed by atoms with Crippen LogP contribution >= 0.6 is 34.7 Å². The number of aliphatic carboxylic acids is 1. The number of amidine groups is 1. The Hall–Kier alpha value is -5.18. The number of aromatic nitrogens is 4. The first-order valence-electron chi connectivity index (χ1n) is 16.2. The van der Waals surface area contributed by atoms with E-state index in [4.69, 9.17) is 37.5 Å². The summed E-state index contributed by atoms with van der Waals surface area (Å²) in [4.78, 5) is 54.3. The van der Waals surface area contributed by atoms with Crippen molar-refractivity contribution in [3.8, 4) is 0 Å². The molecule has 3 aliphatic heterocycles. The Morgan fingerprint density at radius 3 is 2.75 bits per heavy atom. The van der Waals surface area contributed by atoms with Crippen LogP contribution in [-0.4, -0.2) is 92.0 Å². The molecule has 0 saturated carbocycles. The Balaban J connectivity index is 1.05. The van der Waals surface area contributed by atoms with Gasteiger partial charge in [0.25, 0.3) is 11.8 Å². The number of rotatable bonds is 12. The lowest BCUT2D eigenvalue weighted by molar-refractivity contribution is -0.662. The highest BCUT2D eigenvalue weighted by Gasteiger charge is 2.53. The number of thioether (sulfide) groups is 1. The van der Waals surface area contributed by atoms with E-state index in [9.17, 15) is 19.5 Å². The normalized spacial score (nSPS) is 19.7. The Kier molecular flexibility index (Phi) is 10.3. The molecule has 2 atom stereocenters. The summed E-state index contributed by atoms with van der Waals surface area (Å²) in [6.07, 6.45) is 6.45. The minimum Gasteiger partial charge on any atom is -0.543 e. The molecule has 21 heteroatoms. The van der Waals surface area contributed by atoms with Gasteiger partial charge < -0.3 is 41.1 Å². The number of benzene rings is 1. The highest BCUT2D eigenvalue weighted by atomic mass is 35.5. The zero-order chi connectivity index (χ0) is 37.4. The van der Waals surface area contributed by atoms with Gasteiger partial charge in [-0.2, -0.15) is 0 Å². The molecule has 5 N–H and O–H groups in total. The number of thiazole rings is 1. The van der Waals surface area contributed by atoms with E-state index >= 15 is 4.39 Å². The lowest BCUT2D eigenvalue weighted by Crippen LogP contribution is -2.71. The third-order valence-electron chi connectivity index (χ3n) is 8.87. The number of fused-ring (bicyclic) bond motifs is 2. The number of oxime groups is 2. The van der Waals surface area contributed by atoms with Gasteiger partial charge in [-0.1, -0.05) is 21.9 Å². The molecule has 2 amide bonds. The topological polar surface area (TPSA) is 220 Å². The van der Waals surface area contributed by atoms with Crippen molar-refractivity contribution in [2.75, 3.05) is 31.8 Å². The lowest BCUT2D eigenvalue weighted by Gasteiger charge is -2.50. The summed E-state index contributed by atoms with van der Waals surface area (Å²) in [7, 11) is 1.26. The van der Waals surface area contributed by atoms with Gasteiger partial charge in [-0.05, 0) is 17.7 Å². The van der Waals surface area contributed by atoms with Crippen LogP contribution in [0.5, 0.6) is 0 Å². The summed E-state index contributed by atoms with van der Waals surface area (Å²) in [5, 5.41) is 23.9. The molecule has 53 heavy (non-hydrogen) atoms. The van der Waals surface area contributed by atoms with Gasteiger partial charge in [0, 0.05) is 35.1 Å². The molecule has 2 saturated heterocycles. The number of carboxylic acid groups (broad SMARTS) is 1. The Labute approximate surface area is 313 Å². The molecule has 3 aromatic heterocycles. The number of nitrogens with two attached hydrogens (primary N) is 2. The summed E-state index contributed by atoms with van der Waals surface area (Å²) in [5.41, 5.74) is 13.1. The molecule has 6 heterocycles. The van der Waals surface area contributed by atoms with E-state index in [0.29, 0.717) is 37.3 Å². The third kappa shape index (κ3) is 7.13. The summed E-state index contributed by atoms with van der Waals surface area (Å²) in [5.74, 6) is -3.23. The Morgan fingerprint density at radius 2 is 2.06 bits per heavy atom. The smallest absolute Gasteiger partial charge is 0.307 e. The highest BCUT2D eigenvalue weighted by Crippen LogP contribution is 2.40. The molecule has 0 aliphatic carbocycles. The van der Waals surface area contributed by atoms with E-state index in [-0.39, 0.29) is 69.2 Å². The average molecular weight is 787 g/mol. The van der Waals surface area contributed by atoms with E-state index in [1.165, 1.54) is 36.4 Å². The molecule has 1 aromatic carbocycles. The molecular weight excluding hydrogens is 755 g/mol. The molecule has 0 spiro atoms. The fourth-order valence-electron chi connectivity index (χ4n) is 6.23. The van der Waals surface area contributed by atoms with Crippen molar-refractivity contribution in [1.29, 1.82) is 0 Å². The molecule has 4 aromatic rings.